The summed E-state index contributed by atoms with van der Waals surface area (Å²) < 4.78 is 59.4. The van der Waals surface area contributed by atoms with Gasteiger partial charge in [0.25, 0.3) is 5.91 Å². The largest absolute Gasteiger partial charge is 0.493 e. The number of nitrogens with zero attached hydrogens (tertiary/aromatic N) is 2. The fraction of sp³-hybridized carbons (Fsp3) is 0.391. The quantitative estimate of drug-likeness (QED) is 0.568. The molecule has 2 unspecified atom stereocenters. The number of halogens is 3. The van der Waals surface area contributed by atoms with Crippen molar-refractivity contribution in [2.45, 2.75) is 11.3 Å². The van der Waals surface area contributed by atoms with Crippen molar-refractivity contribution < 1.29 is 37.9 Å². The maximum absolute atomic E-state index is 14.7. The van der Waals surface area contributed by atoms with Gasteiger partial charge in [0.2, 0.25) is 0 Å². The average Bonchev–Trinajstić information content (AvgIpc) is 3.22. The fourth-order valence-electron chi connectivity index (χ4n) is 4.13. The van der Waals surface area contributed by atoms with Crippen LogP contribution >= 0.6 is 11.8 Å². The van der Waals surface area contributed by atoms with Gasteiger partial charge >= 0.3 is 0 Å². The highest BCUT2D eigenvalue weighted by Crippen LogP contribution is 2.57. The molecule has 11 heteroatoms. The zero-order valence-corrected chi connectivity index (χ0v) is 19.4. The highest BCUT2D eigenvalue weighted by molar-refractivity contribution is 8.15. The number of thioether (sulfide) groups is 1. The first kappa shape index (κ1) is 24.5. The van der Waals surface area contributed by atoms with Crippen LogP contribution in [0, 0.1) is 23.4 Å². The molecule has 0 fully saturated rings. The van der Waals surface area contributed by atoms with Crippen molar-refractivity contribution in [2.75, 3.05) is 40.1 Å². The Balaban J connectivity index is 1.83. The summed E-state index contributed by atoms with van der Waals surface area (Å²) in [5.41, 5.74) is 4.23. The first-order valence-corrected chi connectivity index (χ1v) is 11.6. The lowest BCUT2D eigenvalue weighted by molar-refractivity contribution is -0.371. The van der Waals surface area contributed by atoms with Crippen LogP contribution < -0.4 is 10.5 Å². The third-order valence-electron chi connectivity index (χ3n) is 5.68. The van der Waals surface area contributed by atoms with Crippen molar-refractivity contribution in [3.8, 4) is 5.75 Å². The molecule has 4 rings (SSSR count). The summed E-state index contributed by atoms with van der Waals surface area (Å²) in [6.07, 6.45) is 0.520. The normalized spacial score (nSPS) is 21.4. The van der Waals surface area contributed by atoms with Crippen LogP contribution in [0.25, 0.3) is 0 Å². The Kier molecular flexibility index (Phi) is 7.46. The van der Waals surface area contributed by atoms with E-state index in [1.54, 1.807) is 0 Å². The molecule has 2 aliphatic rings. The number of hydrogen-bond acceptors (Lipinski definition) is 6. The summed E-state index contributed by atoms with van der Waals surface area (Å²) in [5, 5.41) is 5.76. The van der Waals surface area contributed by atoms with Gasteiger partial charge in [-0.3, -0.25) is 4.79 Å². The zero-order valence-electron chi connectivity index (χ0n) is 18.6. The smallest absolute Gasteiger partial charge is 0.270 e. The lowest BCUT2D eigenvalue weighted by Gasteiger charge is -2.45. The molecule has 7 nitrogen and oxygen atoms in total. The topological polar surface area (TPSA) is 88.0 Å². The van der Waals surface area contributed by atoms with E-state index >= 15 is 0 Å². The molecule has 1 amide bonds. The van der Waals surface area contributed by atoms with Crippen LogP contribution in [0.2, 0.25) is 0 Å². The van der Waals surface area contributed by atoms with Crippen LogP contribution in [-0.4, -0.2) is 56.0 Å². The van der Waals surface area contributed by atoms with E-state index in [0.29, 0.717) is 30.9 Å². The summed E-state index contributed by atoms with van der Waals surface area (Å²) in [7, 11) is 1.51. The van der Waals surface area contributed by atoms with Crippen molar-refractivity contribution >= 4 is 22.7 Å². The molecule has 2 aromatic carbocycles. The molecule has 2 aromatic rings. The molecular weight excluding hydrogens is 471 g/mol. The van der Waals surface area contributed by atoms with E-state index in [4.69, 9.17) is 14.2 Å². The standard InChI is InChI=1S/C23H24F3N3O4S/c1-31-8-9-32-13-21(30)29-23(34-22(28-29)17-10-15(24)2-4-19(17)26)14(6-7-27)12-33-20-5-3-16(25)11-18(20)23/h2-5,10-11,14H,6-9,12-13,27H2,1H3/p+1. The maximum Gasteiger partial charge on any atom is 0.270 e. The van der Waals surface area contributed by atoms with Crippen molar-refractivity contribution in [3.05, 3.63) is 65.0 Å². The van der Waals surface area contributed by atoms with Gasteiger partial charge in [-0.1, -0.05) is 11.8 Å². The van der Waals surface area contributed by atoms with E-state index in [9.17, 15) is 18.0 Å². The van der Waals surface area contributed by atoms with Crippen LogP contribution in [0.3, 0.4) is 0 Å². The predicted molar refractivity (Wildman–Crippen MR) is 119 cm³/mol. The number of methoxy groups -OCH3 is 1. The van der Waals surface area contributed by atoms with E-state index in [1.807, 2.05) is 0 Å². The average molecular weight is 497 g/mol. The Hall–Kier alpha value is -2.60. The number of carbonyl (C=O) groups excluding carboxylic acids is 1. The molecule has 34 heavy (non-hydrogen) atoms. The Morgan fingerprint density at radius 1 is 1.24 bits per heavy atom. The lowest BCUT2D eigenvalue weighted by Crippen LogP contribution is -2.56. The second-order valence-electron chi connectivity index (χ2n) is 7.87. The molecule has 2 atom stereocenters. The molecule has 0 saturated carbocycles. The third kappa shape index (κ3) is 4.52. The minimum Gasteiger partial charge on any atom is -0.493 e. The van der Waals surface area contributed by atoms with Crippen molar-refractivity contribution in [2.24, 2.45) is 11.0 Å². The Morgan fingerprint density at radius 2 is 2.00 bits per heavy atom. The summed E-state index contributed by atoms with van der Waals surface area (Å²) in [4.78, 5) is 12.1. The summed E-state index contributed by atoms with van der Waals surface area (Å²) in [6.45, 7) is 0.877. The third-order valence-corrected chi connectivity index (χ3v) is 7.22. The molecule has 0 aliphatic carbocycles. The molecule has 0 bridgehead atoms. The van der Waals surface area contributed by atoms with Gasteiger partial charge in [-0.05, 0) is 36.4 Å². The van der Waals surface area contributed by atoms with Crippen molar-refractivity contribution in [3.63, 3.8) is 0 Å². The van der Waals surface area contributed by atoms with E-state index in [-0.39, 0.29) is 36.3 Å². The number of quaternary nitrogens is 1. The monoisotopic (exact) mass is 496 g/mol. The van der Waals surface area contributed by atoms with Gasteiger partial charge in [0.05, 0.1) is 26.4 Å². The number of hydrogen-bond donors (Lipinski definition) is 1. The van der Waals surface area contributed by atoms with Crippen LogP contribution in [0.5, 0.6) is 5.75 Å². The van der Waals surface area contributed by atoms with Crippen LogP contribution in [0.15, 0.2) is 41.5 Å². The molecular formula is C23H25F3N3O4S+. The van der Waals surface area contributed by atoms with Crippen molar-refractivity contribution in [1.29, 1.82) is 0 Å². The summed E-state index contributed by atoms with van der Waals surface area (Å²) in [5.74, 6) is -2.33. The fourth-order valence-corrected chi connectivity index (χ4v) is 5.67. The zero-order chi connectivity index (χ0) is 24.3. The summed E-state index contributed by atoms with van der Waals surface area (Å²) in [6, 6.07) is 7.09. The van der Waals surface area contributed by atoms with Gasteiger partial charge in [0.15, 0.2) is 4.87 Å². The Bertz CT molecular complexity index is 1100. The van der Waals surface area contributed by atoms with E-state index in [1.165, 1.54) is 30.3 Å². The van der Waals surface area contributed by atoms with Crippen molar-refractivity contribution in [1.82, 2.24) is 5.01 Å². The Morgan fingerprint density at radius 3 is 2.76 bits per heavy atom. The molecule has 3 N–H and O–H groups in total. The number of ether oxygens (including phenoxy) is 3. The highest BCUT2D eigenvalue weighted by Gasteiger charge is 2.57. The number of carbonyl (C=O) groups is 1. The van der Waals surface area contributed by atoms with Crippen LogP contribution in [0.4, 0.5) is 13.2 Å². The van der Waals surface area contributed by atoms with E-state index in [2.05, 4.69) is 10.8 Å². The molecule has 0 aromatic heterocycles. The SMILES string of the molecule is COCCOCC(=O)N1N=C(c2cc(F)ccc2F)SC12c1cc(F)ccc1OCC2CC[NH3+]. The number of fused-ring (bicyclic) bond motifs is 2. The number of hydrazone groups is 1. The van der Waals surface area contributed by atoms with Crippen LogP contribution in [-0.2, 0) is 19.1 Å². The van der Waals surface area contributed by atoms with Gasteiger partial charge in [-0.15, -0.1) is 0 Å². The second kappa shape index (κ2) is 10.3. The number of amides is 1. The maximum atomic E-state index is 14.7. The molecule has 0 radical (unpaired) electrons. The second-order valence-corrected chi connectivity index (χ2v) is 9.08. The minimum atomic E-state index is -1.25. The molecule has 2 aliphatic heterocycles. The van der Waals surface area contributed by atoms with Gasteiger partial charge in [-0.25, -0.2) is 18.2 Å². The van der Waals surface area contributed by atoms with E-state index in [0.717, 1.165) is 30.0 Å². The molecule has 1 spiro atoms. The lowest BCUT2D eigenvalue weighted by atomic mass is 9.86. The highest BCUT2D eigenvalue weighted by atomic mass is 32.2. The van der Waals surface area contributed by atoms with Gasteiger partial charge in [0.1, 0.15) is 34.9 Å². The molecule has 2 heterocycles. The predicted octanol–water partition coefficient (Wildman–Crippen LogP) is 2.50. The van der Waals surface area contributed by atoms with Gasteiger partial charge in [-0.2, -0.15) is 5.10 Å². The van der Waals surface area contributed by atoms with Gasteiger partial charge in [0, 0.05) is 30.6 Å². The molecule has 182 valence electrons. The van der Waals surface area contributed by atoms with E-state index < -0.39 is 28.2 Å². The first-order chi connectivity index (χ1) is 16.4. The summed E-state index contributed by atoms with van der Waals surface area (Å²) >= 11 is 1.08. The van der Waals surface area contributed by atoms with Gasteiger partial charge < -0.3 is 19.9 Å². The minimum absolute atomic E-state index is 0.0854. The number of benzene rings is 2. The molecule has 0 saturated heterocycles. The number of rotatable bonds is 8. The Labute approximate surface area is 199 Å². The van der Waals surface area contributed by atoms with Crippen LogP contribution in [0.1, 0.15) is 17.5 Å². The first-order valence-electron chi connectivity index (χ1n) is 10.8.